The third kappa shape index (κ3) is 2.85. The van der Waals surface area contributed by atoms with Crippen LogP contribution in [-0.4, -0.2) is 16.3 Å². The number of hydrogen-bond acceptors (Lipinski definition) is 2. The van der Waals surface area contributed by atoms with E-state index in [-0.39, 0.29) is 0 Å². The number of fused-ring (bicyclic) bond motifs is 1. The third-order valence-corrected chi connectivity index (χ3v) is 2.52. The number of rotatable bonds is 1. The zero-order chi connectivity index (χ0) is 12.3. The monoisotopic (exact) mass is 226 g/mol. The molecule has 0 aliphatic heterocycles. The molecule has 0 amide bonds. The van der Waals surface area contributed by atoms with Crippen LogP contribution in [-0.2, 0) is 0 Å². The maximum Gasteiger partial charge on any atom is 0.140 e. The summed E-state index contributed by atoms with van der Waals surface area (Å²) in [7, 11) is 0. The van der Waals surface area contributed by atoms with Gasteiger partial charge in [0.05, 0.1) is 0 Å². The molecule has 0 saturated carbocycles. The molecule has 0 heterocycles. The molecule has 2 aromatic carbocycles. The van der Waals surface area contributed by atoms with Crippen molar-refractivity contribution in [1.82, 2.24) is 0 Å². The highest BCUT2D eigenvalue weighted by Crippen LogP contribution is 2.19. The van der Waals surface area contributed by atoms with Crippen molar-refractivity contribution < 1.29 is 10.2 Å². The summed E-state index contributed by atoms with van der Waals surface area (Å²) < 4.78 is 0. The summed E-state index contributed by atoms with van der Waals surface area (Å²) in [6.45, 7) is 1.57. The summed E-state index contributed by atoms with van der Waals surface area (Å²) in [6.07, 6.45) is -1.57. The predicted molar refractivity (Wildman–Crippen MR) is 68.4 cm³/mol. The van der Waals surface area contributed by atoms with Crippen LogP contribution in [0.3, 0.4) is 0 Å². The summed E-state index contributed by atoms with van der Waals surface area (Å²) in [5.74, 6) is 5.17. The van der Waals surface area contributed by atoms with Crippen LogP contribution in [0.2, 0.25) is 0 Å². The van der Waals surface area contributed by atoms with Gasteiger partial charge in [-0.3, -0.25) is 0 Å². The largest absolute Gasteiger partial charge is 0.381 e. The van der Waals surface area contributed by atoms with Gasteiger partial charge in [0.15, 0.2) is 0 Å². The first kappa shape index (κ1) is 11.7. The van der Waals surface area contributed by atoms with Gasteiger partial charge in [-0.2, -0.15) is 0 Å². The zero-order valence-corrected chi connectivity index (χ0v) is 9.59. The Bertz CT molecular complexity index is 576. The molecular formula is C15H14O2. The average molecular weight is 226 g/mol. The zero-order valence-electron chi connectivity index (χ0n) is 9.59. The Kier molecular flexibility index (Phi) is 3.43. The van der Waals surface area contributed by atoms with Crippen molar-refractivity contribution in [2.45, 2.75) is 19.1 Å². The minimum atomic E-state index is -0.853. The topological polar surface area (TPSA) is 40.5 Å². The summed E-state index contributed by atoms with van der Waals surface area (Å²) in [5.41, 5.74) is 0.747. The number of hydrogen-bond donors (Lipinski definition) is 2. The molecule has 0 radical (unpaired) electrons. The van der Waals surface area contributed by atoms with Crippen molar-refractivity contribution in [1.29, 1.82) is 0 Å². The average Bonchev–Trinajstić information content (AvgIpc) is 2.35. The van der Waals surface area contributed by atoms with E-state index in [1.165, 1.54) is 0 Å². The second kappa shape index (κ2) is 5.01. The highest BCUT2D eigenvalue weighted by atomic mass is 16.3. The smallest absolute Gasteiger partial charge is 0.140 e. The Morgan fingerprint density at radius 3 is 2.35 bits per heavy atom. The summed E-state index contributed by atoms with van der Waals surface area (Å²) in [6, 6.07) is 13.7. The molecule has 0 fully saturated rings. The fraction of sp³-hybridized carbons (Fsp3) is 0.200. The molecule has 2 aromatic rings. The van der Waals surface area contributed by atoms with Gasteiger partial charge < -0.3 is 10.2 Å². The Morgan fingerprint density at radius 1 is 0.941 bits per heavy atom. The van der Waals surface area contributed by atoms with Gasteiger partial charge in [-0.15, -0.1) is 0 Å². The van der Waals surface area contributed by atoms with E-state index in [1.807, 2.05) is 42.5 Å². The van der Waals surface area contributed by atoms with Crippen molar-refractivity contribution >= 4 is 10.8 Å². The van der Waals surface area contributed by atoms with Gasteiger partial charge in [-0.05, 0) is 29.3 Å². The van der Waals surface area contributed by atoms with Gasteiger partial charge >= 0.3 is 0 Å². The van der Waals surface area contributed by atoms with Gasteiger partial charge in [0.25, 0.3) is 0 Å². The van der Waals surface area contributed by atoms with Crippen LogP contribution in [0.15, 0.2) is 42.5 Å². The highest BCUT2D eigenvalue weighted by molar-refractivity contribution is 5.83. The maximum atomic E-state index is 9.84. The molecule has 2 rings (SSSR count). The first-order chi connectivity index (χ1) is 8.16. The van der Waals surface area contributed by atoms with Crippen molar-refractivity contribution in [3.8, 4) is 11.8 Å². The Balaban J connectivity index is 2.34. The van der Waals surface area contributed by atoms with E-state index in [4.69, 9.17) is 5.11 Å². The SMILES string of the molecule is CC(O)C#CC(O)c1ccc2ccccc2c1. The van der Waals surface area contributed by atoms with Gasteiger partial charge in [0.2, 0.25) is 0 Å². The van der Waals surface area contributed by atoms with Crippen LogP contribution in [0.5, 0.6) is 0 Å². The molecule has 2 unspecified atom stereocenters. The van der Waals surface area contributed by atoms with E-state index in [0.29, 0.717) is 0 Å². The lowest BCUT2D eigenvalue weighted by molar-refractivity contribution is 0.233. The van der Waals surface area contributed by atoms with Crippen LogP contribution in [0, 0.1) is 11.8 Å². The van der Waals surface area contributed by atoms with Crippen LogP contribution in [0.25, 0.3) is 10.8 Å². The van der Waals surface area contributed by atoms with Gasteiger partial charge in [-0.1, -0.05) is 48.2 Å². The lowest BCUT2D eigenvalue weighted by Crippen LogP contribution is -1.97. The van der Waals surface area contributed by atoms with Crippen molar-refractivity contribution in [2.75, 3.05) is 0 Å². The molecule has 2 nitrogen and oxygen atoms in total. The normalized spacial score (nSPS) is 13.8. The molecule has 2 heteroatoms. The Hall–Kier alpha value is -1.82. The van der Waals surface area contributed by atoms with Crippen molar-refractivity contribution in [2.24, 2.45) is 0 Å². The second-order valence-corrected chi connectivity index (χ2v) is 3.97. The molecule has 0 aliphatic rings. The highest BCUT2D eigenvalue weighted by Gasteiger charge is 2.04. The van der Waals surface area contributed by atoms with Crippen LogP contribution in [0.4, 0.5) is 0 Å². The van der Waals surface area contributed by atoms with E-state index in [2.05, 4.69) is 11.8 Å². The Labute approximate surface area is 101 Å². The summed E-state index contributed by atoms with van der Waals surface area (Å²) in [5, 5.41) is 21.1. The molecule has 0 aromatic heterocycles. The molecule has 0 bridgehead atoms. The molecule has 0 aliphatic carbocycles. The van der Waals surface area contributed by atoms with Gasteiger partial charge in [0.1, 0.15) is 12.2 Å². The minimum absolute atomic E-state index is 0.717. The molecule has 86 valence electrons. The van der Waals surface area contributed by atoms with Crippen LogP contribution in [0.1, 0.15) is 18.6 Å². The number of aliphatic hydroxyl groups is 2. The van der Waals surface area contributed by atoms with Crippen molar-refractivity contribution in [3.05, 3.63) is 48.0 Å². The molecule has 2 atom stereocenters. The van der Waals surface area contributed by atoms with Gasteiger partial charge in [0, 0.05) is 0 Å². The molecule has 0 saturated heterocycles. The van der Waals surface area contributed by atoms with E-state index in [1.54, 1.807) is 6.92 Å². The molecule has 17 heavy (non-hydrogen) atoms. The van der Waals surface area contributed by atoms with Crippen molar-refractivity contribution in [3.63, 3.8) is 0 Å². The number of aliphatic hydroxyl groups excluding tert-OH is 2. The minimum Gasteiger partial charge on any atom is -0.381 e. The predicted octanol–water partition coefficient (Wildman–Crippen LogP) is 2.26. The molecular weight excluding hydrogens is 212 g/mol. The van der Waals surface area contributed by atoms with Gasteiger partial charge in [-0.25, -0.2) is 0 Å². The first-order valence-electron chi connectivity index (χ1n) is 5.53. The molecule has 2 N–H and O–H groups in total. The first-order valence-corrected chi connectivity index (χ1v) is 5.53. The van der Waals surface area contributed by atoms with E-state index in [9.17, 15) is 5.11 Å². The fourth-order valence-corrected chi connectivity index (χ4v) is 1.66. The fourth-order valence-electron chi connectivity index (χ4n) is 1.66. The third-order valence-electron chi connectivity index (χ3n) is 2.52. The van der Waals surface area contributed by atoms with Crippen LogP contribution >= 0.6 is 0 Å². The standard InChI is InChI=1S/C15H14O2/c1-11(16)6-9-15(17)14-8-7-12-4-2-3-5-13(12)10-14/h2-5,7-8,10-11,15-17H,1H3. The Morgan fingerprint density at radius 2 is 1.65 bits per heavy atom. The van der Waals surface area contributed by atoms with Crippen LogP contribution < -0.4 is 0 Å². The summed E-state index contributed by atoms with van der Waals surface area (Å²) >= 11 is 0. The van der Waals surface area contributed by atoms with E-state index in [0.717, 1.165) is 16.3 Å². The second-order valence-electron chi connectivity index (χ2n) is 3.97. The summed E-state index contributed by atoms with van der Waals surface area (Å²) in [4.78, 5) is 0. The lowest BCUT2D eigenvalue weighted by atomic mass is 10.0. The lowest BCUT2D eigenvalue weighted by Gasteiger charge is -2.05. The van der Waals surface area contributed by atoms with E-state index >= 15 is 0 Å². The molecule has 0 spiro atoms. The quantitative estimate of drug-likeness (QED) is 0.732. The maximum absolute atomic E-state index is 9.84. The number of benzene rings is 2. The van der Waals surface area contributed by atoms with E-state index < -0.39 is 12.2 Å².